The van der Waals surface area contributed by atoms with E-state index in [2.05, 4.69) is 39.4 Å². The Labute approximate surface area is 147 Å². The number of halogens is 1. The molecule has 25 heavy (non-hydrogen) atoms. The fraction of sp³-hybridized carbons (Fsp3) is 0.350. The fourth-order valence-electron chi connectivity index (χ4n) is 3.56. The van der Waals surface area contributed by atoms with Gasteiger partial charge in [0.1, 0.15) is 6.67 Å². The molecule has 1 N–H and O–H groups in total. The van der Waals surface area contributed by atoms with Crippen molar-refractivity contribution in [3.05, 3.63) is 76.8 Å². The highest BCUT2D eigenvalue weighted by molar-refractivity contribution is 5.29. The van der Waals surface area contributed by atoms with Gasteiger partial charge in [-0.25, -0.2) is 9.82 Å². The Morgan fingerprint density at radius 2 is 1.96 bits per heavy atom. The second-order valence-corrected chi connectivity index (χ2v) is 6.78. The van der Waals surface area contributed by atoms with Crippen molar-refractivity contribution in [2.24, 2.45) is 0 Å². The molecule has 4 nitrogen and oxygen atoms in total. The Morgan fingerprint density at radius 3 is 2.72 bits per heavy atom. The number of aryl methyl sites for hydroxylation is 1. The number of aromatic nitrogens is 1. The maximum atomic E-state index is 12.6. The van der Waals surface area contributed by atoms with E-state index in [4.69, 9.17) is 0 Å². The Kier molecular flexibility index (Phi) is 4.51. The van der Waals surface area contributed by atoms with Gasteiger partial charge in [-0.15, -0.1) is 0 Å². The van der Waals surface area contributed by atoms with Crippen LogP contribution in [0.15, 0.2) is 54.4 Å². The van der Waals surface area contributed by atoms with E-state index in [1.165, 1.54) is 16.8 Å². The average Bonchev–Trinajstić information content (AvgIpc) is 3.06. The van der Waals surface area contributed by atoms with Crippen molar-refractivity contribution in [1.82, 2.24) is 20.3 Å². The number of benzene rings is 1. The molecule has 1 unspecified atom stereocenters. The highest BCUT2D eigenvalue weighted by Crippen LogP contribution is 2.27. The molecule has 2 aliphatic rings. The molecule has 1 aromatic heterocycles. The van der Waals surface area contributed by atoms with Crippen LogP contribution >= 0.6 is 0 Å². The Hall–Kier alpha value is -2.24. The van der Waals surface area contributed by atoms with E-state index in [9.17, 15) is 4.39 Å². The minimum absolute atomic E-state index is 0.153. The normalized spacial score (nSPS) is 20.5. The van der Waals surface area contributed by atoms with E-state index in [1.54, 1.807) is 0 Å². The predicted molar refractivity (Wildman–Crippen MR) is 96.2 cm³/mol. The highest BCUT2D eigenvalue weighted by Gasteiger charge is 2.30. The Balaban J connectivity index is 1.44. The van der Waals surface area contributed by atoms with E-state index in [0.29, 0.717) is 0 Å². The first kappa shape index (κ1) is 16.2. The summed E-state index contributed by atoms with van der Waals surface area (Å²) < 4.78 is 12.6. The Bertz CT molecular complexity index is 772. The van der Waals surface area contributed by atoms with E-state index in [-0.39, 0.29) is 6.04 Å². The number of fused-ring (bicyclic) bond motifs is 1. The monoisotopic (exact) mass is 338 g/mol. The van der Waals surface area contributed by atoms with Gasteiger partial charge in [0.25, 0.3) is 0 Å². The van der Waals surface area contributed by atoms with Crippen molar-refractivity contribution >= 4 is 0 Å². The summed E-state index contributed by atoms with van der Waals surface area (Å²) in [5, 5.41) is 2.25. The van der Waals surface area contributed by atoms with Crippen molar-refractivity contribution < 1.29 is 4.39 Å². The third-order valence-electron chi connectivity index (χ3n) is 4.95. The van der Waals surface area contributed by atoms with Gasteiger partial charge in [-0.3, -0.25) is 9.88 Å². The van der Waals surface area contributed by atoms with Crippen molar-refractivity contribution in [2.75, 3.05) is 19.6 Å². The number of hydrogen-bond donors (Lipinski definition) is 1. The topological polar surface area (TPSA) is 31.4 Å². The molecule has 0 spiro atoms. The molecule has 1 saturated heterocycles. The first-order chi connectivity index (χ1) is 12.2. The van der Waals surface area contributed by atoms with Crippen LogP contribution in [-0.4, -0.2) is 34.5 Å². The zero-order valence-corrected chi connectivity index (χ0v) is 14.5. The number of hydrazine groups is 1. The van der Waals surface area contributed by atoms with Crippen LogP contribution in [0.4, 0.5) is 4.39 Å². The fourth-order valence-corrected chi connectivity index (χ4v) is 3.56. The quantitative estimate of drug-likeness (QED) is 0.928. The number of nitrogens with one attached hydrogen (secondary N) is 1. The number of piperazine rings is 1. The van der Waals surface area contributed by atoms with E-state index in [1.807, 2.05) is 36.5 Å². The lowest BCUT2D eigenvalue weighted by Gasteiger charge is -2.35. The van der Waals surface area contributed by atoms with Gasteiger partial charge >= 0.3 is 0 Å². The third kappa shape index (κ3) is 3.43. The van der Waals surface area contributed by atoms with Crippen LogP contribution in [0, 0.1) is 6.92 Å². The maximum Gasteiger partial charge on any atom is 0.115 e. The minimum atomic E-state index is -0.397. The molecular weight excluding hydrogens is 315 g/mol. The minimum Gasteiger partial charge on any atom is -0.309 e. The molecule has 1 aromatic carbocycles. The molecule has 1 fully saturated rings. The molecule has 5 heteroatoms. The van der Waals surface area contributed by atoms with Crippen molar-refractivity contribution in [1.29, 1.82) is 0 Å². The first-order valence-corrected chi connectivity index (χ1v) is 8.75. The zero-order valence-electron chi connectivity index (χ0n) is 14.5. The molecule has 3 heterocycles. The molecule has 130 valence electrons. The molecule has 0 radical (unpaired) electrons. The highest BCUT2D eigenvalue weighted by atomic mass is 19.1. The van der Waals surface area contributed by atoms with Crippen molar-refractivity contribution in [3.8, 4) is 0 Å². The zero-order chi connectivity index (χ0) is 17.2. The van der Waals surface area contributed by atoms with Gasteiger partial charge < -0.3 is 5.01 Å². The molecule has 4 rings (SSSR count). The van der Waals surface area contributed by atoms with Gasteiger partial charge in [-0.05, 0) is 35.8 Å². The lowest BCUT2D eigenvalue weighted by Crippen LogP contribution is -2.47. The SMILES string of the molecule is Cc1cccnc1C1C=C2CN(Cc3ccc(CF)cc3)CCN2N1. The summed E-state index contributed by atoms with van der Waals surface area (Å²) in [7, 11) is 0. The molecule has 0 aliphatic carbocycles. The lowest BCUT2D eigenvalue weighted by atomic mass is 10.1. The van der Waals surface area contributed by atoms with E-state index in [0.717, 1.165) is 37.4 Å². The van der Waals surface area contributed by atoms with Crippen molar-refractivity contribution in [3.63, 3.8) is 0 Å². The molecule has 2 aliphatic heterocycles. The summed E-state index contributed by atoms with van der Waals surface area (Å²) in [6.45, 7) is 5.48. The van der Waals surface area contributed by atoms with Gasteiger partial charge in [-0.2, -0.15) is 0 Å². The summed E-state index contributed by atoms with van der Waals surface area (Å²) in [5.41, 5.74) is 9.14. The second kappa shape index (κ2) is 6.94. The van der Waals surface area contributed by atoms with Crippen LogP contribution in [0.5, 0.6) is 0 Å². The van der Waals surface area contributed by atoms with Crippen LogP contribution in [0.3, 0.4) is 0 Å². The molecule has 2 aromatic rings. The van der Waals surface area contributed by atoms with Crippen molar-refractivity contribution in [2.45, 2.75) is 26.2 Å². The van der Waals surface area contributed by atoms with Gasteiger partial charge in [0.2, 0.25) is 0 Å². The standard InChI is InChI=1S/C20H23FN4/c1-15-3-2-8-22-20(15)19-11-18-14-24(9-10-25(18)23-19)13-17-6-4-16(12-21)5-7-17/h2-8,11,19,23H,9-10,12-14H2,1H3. The molecule has 0 saturated carbocycles. The first-order valence-electron chi connectivity index (χ1n) is 8.75. The predicted octanol–water partition coefficient (Wildman–Crippen LogP) is 3.12. The second-order valence-electron chi connectivity index (χ2n) is 6.78. The smallest absolute Gasteiger partial charge is 0.115 e. The van der Waals surface area contributed by atoms with Crippen LogP contribution in [0.2, 0.25) is 0 Å². The molecular formula is C20H23FN4. The summed E-state index contributed by atoms with van der Waals surface area (Å²) in [6, 6.07) is 12.0. The Morgan fingerprint density at radius 1 is 1.16 bits per heavy atom. The maximum absolute atomic E-state index is 12.6. The number of hydrogen-bond acceptors (Lipinski definition) is 4. The summed E-state index contributed by atoms with van der Waals surface area (Å²) in [6.07, 6.45) is 4.14. The lowest BCUT2D eigenvalue weighted by molar-refractivity contribution is 0.139. The van der Waals surface area contributed by atoms with E-state index >= 15 is 0 Å². The van der Waals surface area contributed by atoms with Gasteiger partial charge in [0, 0.05) is 38.1 Å². The number of nitrogens with zero attached hydrogens (tertiary/aromatic N) is 3. The largest absolute Gasteiger partial charge is 0.309 e. The van der Waals surface area contributed by atoms with Crippen LogP contribution in [-0.2, 0) is 13.2 Å². The molecule has 0 bridgehead atoms. The van der Waals surface area contributed by atoms with Gasteiger partial charge in [0.15, 0.2) is 0 Å². The summed E-state index contributed by atoms with van der Waals surface area (Å²) >= 11 is 0. The van der Waals surface area contributed by atoms with Crippen LogP contribution in [0.25, 0.3) is 0 Å². The van der Waals surface area contributed by atoms with Gasteiger partial charge in [-0.1, -0.05) is 30.3 Å². The van der Waals surface area contributed by atoms with Crippen LogP contribution in [0.1, 0.15) is 28.4 Å². The number of alkyl halides is 1. The summed E-state index contributed by atoms with van der Waals surface area (Å²) in [5.74, 6) is 0. The van der Waals surface area contributed by atoms with Crippen LogP contribution < -0.4 is 5.43 Å². The summed E-state index contributed by atoms with van der Waals surface area (Å²) in [4.78, 5) is 6.98. The number of pyridine rings is 1. The van der Waals surface area contributed by atoms with E-state index < -0.39 is 6.67 Å². The third-order valence-corrected chi connectivity index (χ3v) is 4.95. The van der Waals surface area contributed by atoms with Gasteiger partial charge in [0.05, 0.1) is 11.7 Å². The molecule has 0 amide bonds. The number of rotatable bonds is 4. The molecule has 1 atom stereocenters. The average molecular weight is 338 g/mol.